The van der Waals surface area contributed by atoms with Crippen molar-refractivity contribution in [1.82, 2.24) is 9.88 Å². The molecular weight excluding hydrogens is 288 g/mol. The van der Waals surface area contributed by atoms with Gasteiger partial charge in [-0.3, -0.25) is 14.6 Å². The average molecular weight is 308 g/mol. The summed E-state index contributed by atoms with van der Waals surface area (Å²) in [7, 11) is 0. The highest BCUT2D eigenvalue weighted by Gasteiger charge is 2.33. The molecule has 1 atom stereocenters. The minimum atomic E-state index is -0.496. The normalized spacial score (nSPS) is 18.9. The van der Waals surface area contributed by atoms with E-state index >= 15 is 0 Å². The number of aromatic nitrogens is 1. The lowest BCUT2D eigenvalue weighted by atomic mass is 10.2. The van der Waals surface area contributed by atoms with Gasteiger partial charge in [-0.1, -0.05) is 6.07 Å². The molecule has 0 aliphatic carbocycles. The van der Waals surface area contributed by atoms with Crippen molar-refractivity contribution >= 4 is 23.6 Å². The van der Waals surface area contributed by atoms with Crippen molar-refractivity contribution in [1.29, 1.82) is 0 Å². The van der Waals surface area contributed by atoms with Crippen LogP contribution in [-0.2, 0) is 14.3 Å². The van der Waals surface area contributed by atoms with E-state index in [9.17, 15) is 9.59 Å². The number of hydrogen-bond acceptors (Lipinski definition) is 5. The fourth-order valence-corrected chi connectivity index (χ4v) is 3.30. The first-order valence-electron chi connectivity index (χ1n) is 6.90. The van der Waals surface area contributed by atoms with E-state index in [1.54, 1.807) is 29.1 Å². The Morgan fingerprint density at radius 3 is 2.90 bits per heavy atom. The van der Waals surface area contributed by atoms with Gasteiger partial charge in [-0.25, -0.2) is 0 Å². The number of hydrogen-bond donors (Lipinski definition) is 0. The maximum atomic E-state index is 12.0. The lowest BCUT2D eigenvalue weighted by molar-refractivity contribution is -0.155. The van der Waals surface area contributed by atoms with Crippen LogP contribution in [0.1, 0.15) is 38.1 Å². The van der Waals surface area contributed by atoms with Crippen LogP contribution in [-0.4, -0.2) is 39.7 Å². The van der Waals surface area contributed by atoms with E-state index in [2.05, 4.69) is 4.98 Å². The summed E-state index contributed by atoms with van der Waals surface area (Å²) in [5, 5.41) is -0.0614. The van der Waals surface area contributed by atoms with Gasteiger partial charge in [0.05, 0.1) is 12.2 Å². The summed E-state index contributed by atoms with van der Waals surface area (Å²) in [6, 6.07) is 3.80. The summed E-state index contributed by atoms with van der Waals surface area (Å²) in [5.41, 5.74) is 0.487. The lowest BCUT2D eigenvalue weighted by Crippen LogP contribution is -2.32. The van der Waals surface area contributed by atoms with Crippen LogP contribution in [0, 0.1) is 0 Å². The summed E-state index contributed by atoms with van der Waals surface area (Å²) in [4.78, 5) is 29.6. The summed E-state index contributed by atoms with van der Waals surface area (Å²) in [5.74, 6) is 0.211. The van der Waals surface area contributed by atoms with E-state index in [0.29, 0.717) is 12.3 Å². The van der Waals surface area contributed by atoms with Gasteiger partial charge in [-0.15, -0.1) is 11.8 Å². The molecule has 0 radical (unpaired) electrons. The Bertz CT molecular complexity index is 513. The number of pyridine rings is 1. The molecule has 1 amide bonds. The molecule has 0 spiro atoms. The van der Waals surface area contributed by atoms with E-state index in [1.807, 2.05) is 32.9 Å². The fraction of sp³-hybridized carbons (Fsp3) is 0.533. The molecule has 5 nitrogen and oxygen atoms in total. The van der Waals surface area contributed by atoms with Crippen molar-refractivity contribution in [3.8, 4) is 0 Å². The van der Waals surface area contributed by atoms with Crippen LogP contribution < -0.4 is 0 Å². The Balaban J connectivity index is 1.97. The van der Waals surface area contributed by atoms with Crippen LogP contribution in [0.15, 0.2) is 24.5 Å². The van der Waals surface area contributed by atoms with E-state index < -0.39 is 5.60 Å². The van der Waals surface area contributed by atoms with Gasteiger partial charge < -0.3 is 9.64 Å². The number of carbonyl (C=O) groups excluding carboxylic acids is 2. The van der Waals surface area contributed by atoms with E-state index in [0.717, 1.165) is 5.56 Å². The van der Waals surface area contributed by atoms with Gasteiger partial charge >= 0.3 is 5.97 Å². The number of amides is 1. The molecule has 21 heavy (non-hydrogen) atoms. The molecule has 1 fully saturated rings. The fourth-order valence-electron chi connectivity index (χ4n) is 2.10. The summed E-state index contributed by atoms with van der Waals surface area (Å²) in [6.45, 7) is 5.88. The number of esters is 1. The predicted molar refractivity (Wildman–Crippen MR) is 81.6 cm³/mol. The van der Waals surface area contributed by atoms with Crippen molar-refractivity contribution in [3.63, 3.8) is 0 Å². The van der Waals surface area contributed by atoms with Crippen LogP contribution in [0.2, 0.25) is 0 Å². The number of nitrogens with zero attached hydrogens (tertiary/aromatic N) is 2. The van der Waals surface area contributed by atoms with Crippen LogP contribution in [0.3, 0.4) is 0 Å². The molecule has 114 valence electrons. The van der Waals surface area contributed by atoms with Gasteiger partial charge in [0.25, 0.3) is 0 Å². The summed E-state index contributed by atoms with van der Waals surface area (Å²) in [6.07, 6.45) is 3.67. The highest BCUT2D eigenvalue weighted by Crippen LogP contribution is 2.38. The number of ether oxygens (including phenoxy) is 1. The number of thioether (sulfide) groups is 1. The minimum Gasteiger partial charge on any atom is -0.460 e. The van der Waals surface area contributed by atoms with Gasteiger partial charge in [-0.05, 0) is 26.8 Å². The molecule has 6 heteroatoms. The molecule has 1 aliphatic heterocycles. The SMILES string of the molecule is CC(C)(C)OC(=O)CCN1C(=O)CSC1c1cccnc1. The molecule has 1 aromatic rings. The Morgan fingerprint density at radius 1 is 1.52 bits per heavy atom. The van der Waals surface area contributed by atoms with Crippen LogP contribution >= 0.6 is 11.8 Å². The molecule has 2 rings (SSSR count). The largest absolute Gasteiger partial charge is 0.460 e. The molecule has 2 heterocycles. The van der Waals surface area contributed by atoms with E-state index in [-0.39, 0.29) is 23.7 Å². The first kappa shape index (κ1) is 15.8. The third kappa shape index (κ3) is 4.46. The minimum absolute atomic E-state index is 0.0532. The topological polar surface area (TPSA) is 59.5 Å². The smallest absolute Gasteiger partial charge is 0.308 e. The van der Waals surface area contributed by atoms with Gasteiger partial charge in [0.2, 0.25) is 5.91 Å². The first-order valence-corrected chi connectivity index (χ1v) is 7.94. The lowest BCUT2D eigenvalue weighted by Gasteiger charge is -2.25. The van der Waals surface area contributed by atoms with Crippen molar-refractivity contribution in [2.75, 3.05) is 12.3 Å². The van der Waals surface area contributed by atoms with Crippen LogP contribution in [0.25, 0.3) is 0 Å². The molecule has 0 saturated carbocycles. The molecule has 1 saturated heterocycles. The summed E-state index contributed by atoms with van der Waals surface area (Å²) >= 11 is 1.56. The third-order valence-corrected chi connectivity index (χ3v) is 4.17. The first-order chi connectivity index (χ1) is 9.87. The Kier molecular flexibility index (Phi) is 4.88. The van der Waals surface area contributed by atoms with Gasteiger partial charge in [0, 0.05) is 24.5 Å². The Hall–Kier alpha value is -1.56. The van der Waals surface area contributed by atoms with Gasteiger partial charge in [0.15, 0.2) is 0 Å². The highest BCUT2D eigenvalue weighted by atomic mass is 32.2. The molecule has 0 N–H and O–H groups in total. The molecule has 0 bridgehead atoms. The Labute approximate surface area is 129 Å². The number of carbonyl (C=O) groups is 2. The zero-order valence-electron chi connectivity index (χ0n) is 12.5. The van der Waals surface area contributed by atoms with Crippen molar-refractivity contribution < 1.29 is 14.3 Å². The average Bonchev–Trinajstić information content (AvgIpc) is 2.77. The molecule has 0 aromatic carbocycles. The molecular formula is C15H20N2O3S. The highest BCUT2D eigenvalue weighted by molar-refractivity contribution is 8.00. The second kappa shape index (κ2) is 6.47. The summed E-state index contributed by atoms with van der Waals surface area (Å²) < 4.78 is 5.28. The van der Waals surface area contributed by atoms with Crippen molar-refractivity contribution in [3.05, 3.63) is 30.1 Å². The van der Waals surface area contributed by atoms with Crippen LogP contribution in [0.5, 0.6) is 0 Å². The van der Waals surface area contributed by atoms with Crippen LogP contribution in [0.4, 0.5) is 0 Å². The Morgan fingerprint density at radius 2 is 2.29 bits per heavy atom. The van der Waals surface area contributed by atoms with E-state index in [4.69, 9.17) is 4.74 Å². The van der Waals surface area contributed by atoms with Gasteiger partial charge in [-0.2, -0.15) is 0 Å². The van der Waals surface area contributed by atoms with E-state index in [1.165, 1.54) is 0 Å². The maximum absolute atomic E-state index is 12.0. The second-order valence-electron chi connectivity index (χ2n) is 5.87. The monoisotopic (exact) mass is 308 g/mol. The molecule has 1 aromatic heterocycles. The zero-order chi connectivity index (χ0) is 15.5. The standard InChI is InChI=1S/C15H20N2O3S/c1-15(2,3)20-13(19)6-8-17-12(18)10-21-14(17)11-5-4-7-16-9-11/h4-5,7,9,14H,6,8,10H2,1-3H3. The van der Waals surface area contributed by atoms with Crippen molar-refractivity contribution in [2.24, 2.45) is 0 Å². The quantitative estimate of drug-likeness (QED) is 0.799. The second-order valence-corrected chi connectivity index (χ2v) is 6.94. The zero-order valence-corrected chi connectivity index (χ0v) is 13.4. The predicted octanol–water partition coefficient (Wildman–Crippen LogP) is 2.39. The molecule has 1 aliphatic rings. The molecule has 1 unspecified atom stereocenters. The third-order valence-electron chi connectivity index (χ3n) is 2.91. The number of rotatable bonds is 4. The maximum Gasteiger partial charge on any atom is 0.308 e. The van der Waals surface area contributed by atoms with Crippen molar-refractivity contribution in [2.45, 2.75) is 38.2 Å². The van der Waals surface area contributed by atoms with Gasteiger partial charge in [0.1, 0.15) is 11.0 Å².